The predicted octanol–water partition coefficient (Wildman–Crippen LogP) is 1.33. The summed E-state index contributed by atoms with van der Waals surface area (Å²) in [5.74, 6) is 0.915. The summed E-state index contributed by atoms with van der Waals surface area (Å²) in [6, 6.07) is 8.77. The van der Waals surface area contributed by atoms with Crippen LogP contribution >= 0.6 is 0 Å². The van der Waals surface area contributed by atoms with Crippen LogP contribution in [0.5, 0.6) is 5.75 Å². The van der Waals surface area contributed by atoms with Crippen molar-refractivity contribution in [1.29, 1.82) is 0 Å². The SMILES string of the molecule is OCCOCCOc1ccccc1CNC1CC1. The summed E-state index contributed by atoms with van der Waals surface area (Å²) >= 11 is 0. The van der Waals surface area contributed by atoms with Crippen molar-refractivity contribution in [3.05, 3.63) is 29.8 Å². The van der Waals surface area contributed by atoms with Crippen LogP contribution in [0.15, 0.2) is 24.3 Å². The van der Waals surface area contributed by atoms with E-state index in [0.29, 0.717) is 25.9 Å². The van der Waals surface area contributed by atoms with Gasteiger partial charge in [0.25, 0.3) is 0 Å². The molecule has 0 aliphatic heterocycles. The van der Waals surface area contributed by atoms with Crippen LogP contribution in [0.3, 0.4) is 0 Å². The lowest BCUT2D eigenvalue weighted by atomic mass is 10.2. The van der Waals surface area contributed by atoms with Gasteiger partial charge in [-0.2, -0.15) is 0 Å². The summed E-state index contributed by atoms with van der Waals surface area (Å²) in [7, 11) is 0. The number of benzene rings is 1. The third-order valence-corrected chi connectivity index (χ3v) is 2.85. The average molecular weight is 251 g/mol. The molecule has 18 heavy (non-hydrogen) atoms. The van der Waals surface area contributed by atoms with Gasteiger partial charge in [-0.05, 0) is 18.9 Å². The molecule has 0 spiro atoms. The van der Waals surface area contributed by atoms with E-state index in [9.17, 15) is 0 Å². The largest absolute Gasteiger partial charge is 0.491 e. The van der Waals surface area contributed by atoms with Crippen molar-refractivity contribution in [2.24, 2.45) is 0 Å². The molecule has 0 bridgehead atoms. The molecular weight excluding hydrogens is 230 g/mol. The quantitative estimate of drug-likeness (QED) is 0.650. The fraction of sp³-hybridized carbons (Fsp3) is 0.571. The summed E-state index contributed by atoms with van der Waals surface area (Å²) in [6.07, 6.45) is 2.58. The van der Waals surface area contributed by atoms with E-state index in [0.717, 1.165) is 12.3 Å². The molecule has 2 N–H and O–H groups in total. The molecule has 0 radical (unpaired) electrons. The summed E-state index contributed by atoms with van der Waals surface area (Å²) in [6.45, 7) is 2.31. The predicted molar refractivity (Wildman–Crippen MR) is 69.7 cm³/mol. The van der Waals surface area contributed by atoms with Gasteiger partial charge in [0.05, 0.1) is 19.8 Å². The Kier molecular flexibility index (Phi) is 5.45. The number of hydrogen-bond acceptors (Lipinski definition) is 4. The van der Waals surface area contributed by atoms with E-state index in [2.05, 4.69) is 11.4 Å². The van der Waals surface area contributed by atoms with Crippen molar-refractivity contribution in [1.82, 2.24) is 5.32 Å². The summed E-state index contributed by atoms with van der Waals surface area (Å²) in [5.41, 5.74) is 1.19. The highest BCUT2D eigenvalue weighted by Gasteiger charge is 2.20. The minimum atomic E-state index is 0.0574. The van der Waals surface area contributed by atoms with Gasteiger partial charge in [-0.25, -0.2) is 0 Å². The van der Waals surface area contributed by atoms with Crippen molar-refractivity contribution < 1.29 is 14.6 Å². The van der Waals surface area contributed by atoms with Crippen LogP contribution in [0.4, 0.5) is 0 Å². The van der Waals surface area contributed by atoms with Crippen LogP contribution in [0.2, 0.25) is 0 Å². The van der Waals surface area contributed by atoms with E-state index in [1.54, 1.807) is 0 Å². The molecule has 1 aliphatic carbocycles. The standard InChI is InChI=1S/C14H21NO3/c16-7-8-17-9-10-18-14-4-2-1-3-12(14)11-15-13-5-6-13/h1-4,13,15-16H,5-11H2. The highest BCUT2D eigenvalue weighted by Crippen LogP contribution is 2.22. The van der Waals surface area contributed by atoms with Gasteiger partial charge in [0.2, 0.25) is 0 Å². The van der Waals surface area contributed by atoms with Crippen LogP contribution < -0.4 is 10.1 Å². The topological polar surface area (TPSA) is 50.7 Å². The number of aliphatic hydroxyl groups excluding tert-OH is 1. The fourth-order valence-electron chi connectivity index (χ4n) is 1.71. The van der Waals surface area contributed by atoms with Crippen molar-refractivity contribution in [3.63, 3.8) is 0 Å². The molecule has 0 atom stereocenters. The van der Waals surface area contributed by atoms with Crippen LogP contribution in [0, 0.1) is 0 Å². The van der Waals surface area contributed by atoms with Gasteiger partial charge in [-0.15, -0.1) is 0 Å². The van der Waals surface area contributed by atoms with Crippen LogP contribution in [-0.2, 0) is 11.3 Å². The first-order valence-electron chi connectivity index (χ1n) is 6.53. The molecule has 0 heterocycles. The van der Waals surface area contributed by atoms with Crippen LogP contribution in [-0.4, -0.2) is 37.6 Å². The Morgan fingerprint density at radius 2 is 2.00 bits per heavy atom. The average Bonchev–Trinajstić information content (AvgIpc) is 3.21. The van der Waals surface area contributed by atoms with Crippen LogP contribution in [0.25, 0.3) is 0 Å². The second-order valence-corrected chi connectivity index (χ2v) is 4.45. The molecule has 4 heteroatoms. The maximum absolute atomic E-state index is 8.58. The van der Waals surface area contributed by atoms with Gasteiger partial charge in [0.15, 0.2) is 0 Å². The zero-order valence-corrected chi connectivity index (χ0v) is 10.6. The zero-order chi connectivity index (χ0) is 12.6. The highest BCUT2D eigenvalue weighted by atomic mass is 16.5. The Balaban J connectivity index is 1.74. The molecule has 0 aromatic heterocycles. The van der Waals surface area contributed by atoms with E-state index in [1.165, 1.54) is 18.4 Å². The molecule has 1 aromatic carbocycles. The van der Waals surface area contributed by atoms with Gasteiger partial charge in [-0.3, -0.25) is 0 Å². The molecule has 1 aromatic rings. The van der Waals surface area contributed by atoms with Gasteiger partial charge in [-0.1, -0.05) is 18.2 Å². The smallest absolute Gasteiger partial charge is 0.123 e. The van der Waals surface area contributed by atoms with Crippen molar-refractivity contribution in [2.45, 2.75) is 25.4 Å². The second-order valence-electron chi connectivity index (χ2n) is 4.45. The molecule has 1 aliphatic rings. The molecule has 0 amide bonds. The lowest BCUT2D eigenvalue weighted by Gasteiger charge is -2.12. The first kappa shape index (κ1) is 13.3. The van der Waals surface area contributed by atoms with E-state index in [1.807, 2.05) is 18.2 Å². The maximum atomic E-state index is 8.58. The number of ether oxygens (including phenoxy) is 2. The molecule has 1 saturated carbocycles. The molecule has 100 valence electrons. The molecule has 1 fully saturated rings. The van der Waals surface area contributed by atoms with Gasteiger partial charge in [0, 0.05) is 18.2 Å². The lowest BCUT2D eigenvalue weighted by Crippen LogP contribution is -2.16. The minimum Gasteiger partial charge on any atom is -0.491 e. The zero-order valence-electron chi connectivity index (χ0n) is 10.6. The Morgan fingerprint density at radius 3 is 2.78 bits per heavy atom. The Labute approximate surface area is 108 Å². The highest BCUT2D eigenvalue weighted by molar-refractivity contribution is 5.33. The molecule has 0 saturated heterocycles. The van der Waals surface area contributed by atoms with Crippen molar-refractivity contribution in [2.75, 3.05) is 26.4 Å². The molecule has 0 unspecified atom stereocenters. The number of hydrogen-bond donors (Lipinski definition) is 2. The van der Waals surface area contributed by atoms with E-state index in [-0.39, 0.29) is 6.61 Å². The summed E-state index contributed by atoms with van der Waals surface area (Å²) < 4.78 is 10.9. The summed E-state index contributed by atoms with van der Waals surface area (Å²) in [5, 5.41) is 12.1. The monoisotopic (exact) mass is 251 g/mol. The van der Waals surface area contributed by atoms with E-state index in [4.69, 9.17) is 14.6 Å². The lowest BCUT2D eigenvalue weighted by molar-refractivity contribution is 0.0703. The van der Waals surface area contributed by atoms with Gasteiger partial charge >= 0.3 is 0 Å². The van der Waals surface area contributed by atoms with Crippen molar-refractivity contribution in [3.8, 4) is 5.75 Å². The third-order valence-electron chi connectivity index (χ3n) is 2.85. The molecular formula is C14H21NO3. The first-order valence-corrected chi connectivity index (χ1v) is 6.53. The second kappa shape index (κ2) is 7.36. The van der Waals surface area contributed by atoms with Gasteiger partial charge < -0.3 is 19.9 Å². The molecule has 4 nitrogen and oxygen atoms in total. The third kappa shape index (κ3) is 4.64. The van der Waals surface area contributed by atoms with Crippen LogP contribution in [0.1, 0.15) is 18.4 Å². The number of nitrogens with one attached hydrogen (secondary N) is 1. The van der Waals surface area contributed by atoms with E-state index >= 15 is 0 Å². The van der Waals surface area contributed by atoms with Crippen molar-refractivity contribution >= 4 is 0 Å². The molecule has 2 rings (SSSR count). The number of rotatable bonds is 9. The maximum Gasteiger partial charge on any atom is 0.123 e. The number of aliphatic hydroxyl groups is 1. The Morgan fingerprint density at radius 1 is 1.17 bits per heavy atom. The van der Waals surface area contributed by atoms with Gasteiger partial charge in [0.1, 0.15) is 12.4 Å². The minimum absolute atomic E-state index is 0.0574. The Hall–Kier alpha value is -1.10. The Bertz CT molecular complexity index is 353. The normalized spacial score (nSPS) is 14.7. The first-order chi connectivity index (χ1) is 8.90. The van der Waals surface area contributed by atoms with E-state index < -0.39 is 0 Å². The fourth-order valence-corrected chi connectivity index (χ4v) is 1.71. The number of para-hydroxylation sites is 1. The summed E-state index contributed by atoms with van der Waals surface area (Å²) in [4.78, 5) is 0.